The molecule has 15 heavy (non-hydrogen) atoms. The minimum absolute atomic E-state index is 0.237. The lowest BCUT2D eigenvalue weighted by Crippen LogP contribution is -2.57. The summed E-state index contributed by atoms with van der Waals surface area (Å²) in [5.74, 6) is 0. The van der Waals surface area contributed by atoms with E-state index in [4.69, 9.17) is 16.3 Å². The monoisotopic (exact) mass is 225 g/mol. The number of rotatable bonds is 4. The number of hydrogen-bond donors (Lipinski definition) is 1. The molecule has 82 valence electrons. The Morgan fingerprint density at radius 1 is 1.47 bits per heavy atom. The lowest BCUT2D eigenvalue weighted by molar-refractivity contribution is 0.142. The van der Waals surface area contributed by atoms with Gasteiger partial charge in [-0.05, 0) is 24.1 Å². The normalized spacial score (nSPS) is 18.5. The molecular formula is C12H16ClNO. The van der Waals surface area contributed by atoms with Gasteiger partial charge in [0.05, 0.1) is 0 Å². The Kier molecular flexibility index (Phi) is 3.29. The summed E-state index contributed by atoms with van der Waals surface area (Å²) < 4.78 is 5.16. The summed E-state index contributed by atoms with van der Waals surface area (Å²) >= 11 is 6.01. The van der Waals surface area contributed by atoms with E-state index in [1.54, 1.807) is 7.11 Å². The van der Waals surface area contributed by atoms with Gasteiger partial charge < -0.3 is 10.1 Å². The van der Waals surface area contributed by atoms with E-state index in [9.17, 15) is 0 Å². The van der Waals surface area contributed by atoms with E-state index in [0.29, 0.717) is 0 Å². The van der Waals surface area contributed by atoms with Gasteiger partial charge in [0, 0.05) is 37.2 Å². The average molecular weight is 226 g/mol. The van der Waals surface area contributed by atoms with Crippen molar-refractivity contribution in [3.63, 3.8) is 0 Å². The van der Waals surface area contributed by atoms with Crippen LogP contribution in [0, 0.1) is 0 Å². The van der Waals surface area contributed by atoms with Crippen molar-refractivity contribution >= 4 is 11.6 Å². The molecule has 0 aliphatic carbocycles. The summed E-state index contributed by atoms with van der Waals surface area (Å²) in [7, 11) is 1.75. The Hall–Kier alpha value is -0.570. The first kappa shape index (κ1) is 10.9. The second-order valence-corrected chi connectivity index (χ2v) is 4.57. The summed E-state index contributed by atoms with van der Waals surface area (Å²) in [5, 5.41) is 4.15. The van der Waals surface area contributed by atoms with Crippen LogP contribution >= 0.6 is 11.6 Å². The minimum Gasteiger partial charge on any atom is -0.385 e. The third-order valence-electron chi connectivity index (χ3n) is 3.15. The lowest BCUT2D eigenvalue weighted by atomic mass is 9.73. The molecule has 0 spiro atoms. The highest BCUT2D eigenvalue weighted by Crippen LogP contribution is 2.33. The van der Waals surface area contributed by atoms with Gasteiger partial charge in [-0.3, -0.25) is 0 Å². The quantitative estimate of drug-likeness (QED) is 0.849. The molecule has 2 rings (SSSR count). The smallest absolute Gasteiger partial charge is 0.0471 e. The fraction of sp³-hybridized carbons (Fsp3) is 0.500. The van der Waals surface area contributed by atoms with E-state index in [-0.39, 0.29) is 5.41 Å². The van der Waals surface area contributed by atoms with Crippen molar-refractivity contribution < 1.29 is 4.74 Å². The molecule has 1 N–H and O–H groups in total. The summed E-state index contributed by atoms with van der Waals surface area (Å²) in [6.45, 7) is 2.85. The molecule has 0 bridgehead atoms. The fourth-order valence-corrected chi connectivity index (χ4v) is 2.26. The van der Waals surface area contributed by atoms with Crippen molar-refractivity contribution in [2.45, 2.75) is 11.8 Å². The van der Waals surface area contributed by atoms with E-state index in [2.05, 4.69) is 17.4 Å². The fourth-order valence-electron chi connectivity index (χ4n) is 2.07. The molecule has 1 saturated heterocycles. The topological polar surface area (TPSA) is 21.3 Å². The molecule has 1 aromatic carbocycles. The molecule has 0 radical (unpaired) electrons. The highest BCUT2D eigenvalue weighted by atomic mass is 35.5. The van der Waals surface area contributed by atoms with Gasteiger partial charge in [0.15, 0.2) is 0 Å². The highest BCUT2D eigenvalue weighted by Gasteiger charge is 2.38. The van der Waals surface area contributed by atoms with Crippen LogP contribution in [0.25, 0.3) is 0 Å². The number of halogens is 1. The van der Waals surface area contributed by atoms with E-state index in [1.807, 2.05) is 12.1 Å². The molecule has 1 aromatic rings. The van der Waals surface area contributed by atoms with Gasteiger partial charge in [0.1, 0.15) is 0 Å². The summed E-state index contributed by atoms with van der Waals surface area (Å²) in [6.07, 6.45) is 1.05. The molecule has 0 amide bonds. The van der Waals surface area contributed by atoms with E-state index in [0.717, 1.165) is 31.1 Å². The summed E-state index contributed by atoms with van der Waals surface area (Å²) in [6, 6.07) is 8.16. The van der Waals surface area contributed by atoms with Crippen molar-refractivity contribution in [1.82, 2.24) is 5.32 Å². The second-order valence-electron chi connectivity index (χ2n) is 4.14. The van der Waals surface area contributed by atoms with Gasteiger partial charge in [-0.1, -0.05) is 23.7 Å². The van der Waals surface area contributed by atoms with Crippen molar-refractivity contribution in [3.05, 3.63) is 34.9 Å². The Labute approximate surface area is 95.6 Å². The van der Waals surface area contributed by atoms with Gasteiger partial charge >= 0.3 is 0 Å². The molecule has 2 nitrogen and oxygen atoms in total. The largest absolute Gasteiger partial charge is 0.385 e. The Balaban J connectivity index is 2.18. The predicted octanol–water partition coefficient (Wildman–Crippen LogP) is 2.22. The van der Waals surface area contributed by atoms with E-state index in [1.165, 1.54) is 5.56 Å². The van der Waals surface area contributed by atoms with Crippen molar-refractivity contribution in [3.8, 4) is 0 Å². The number of benzene rings is 1. The lowest BCUT2D eigenvalue weighted by Gasteiger charge is -2.43. The maximum Gasteiger partial charge on any atom is 0.0471 e. The maximum atomic E-state index is 6.01. The molecule has 1 aliphatic rings. The zero-order chi connectivity index (χ0) is 10.7. The van der Waals surface area contributed by atoms with Gasteiger partial charge in [-0.15, -0.1) is 0 Å². The molecule has 1 aliphatic heterocycles. The van der Waals surface area contributed by atoms with Crippen LogP contribution in [-0.4, -0.2) is 26.8 Å². The first-order valence-corrected chi connectivity index (χ1v) is 5.60. The predicted molar refractivity (Wildman–Crippen MR) is 62.5 cm³/mol. The van der Waals surface area contributed by atoms with Gasteiger partial charge in [0.25, 0.3) is 0 Å². The van der Waals surface area contributed by atoms with Gasteiger partial charge in [0.2, 0.25) is 0 Å². The maximum absolute atomic E-state index is 6.01. The first-order valence-electron chi connectivity index (χ1n) is 5.23. The van der Waals surface area contributed by atoms with Crippen LogP contribution in [-0.2, 0) is 10.2 Å². The molecule has 0 aromatic heterocycles. The summed E-state index contributed by atoms with van der Waals surface area (Å²) in [5.41, 5.74) is 1.56. The third-order valence-corrected chi connectivity index (χ3v) is 3.38. The van der Waals surface area contributed by atoms with Crippen molar-refractivity contribution in [1.29, 1.82) is 0 Å². The Morgan fingerprint density at radius 2 is 2.27 bits per heavy atom. The number of hydrogen-bond acceptors (Lipinski definition) is 2. The number of ether oxygens (including phenoxy) is 1. The van der Waals surface area contributed by atoms with Crippen molar-refractivity contribution in [2.24, 2.45) is 0 Å². The van der Waals surface area contributed by atoms with Crippen molar-refractivity contribution in [2.75, 3.05) is 26.8 Å². The first-order chi connectivity index (χ1) is 7.27. The highest BCUT2D eigenvalue weighted by molar-refractivity contribution is 6.30. The van der Waals surface area contributed by atoms with Crippen LogP contribution in [0.1, 0.15) is 12.0 Å². The zero-order valence-corrected chi connectivity index (χ0v) is 9.68. The molecule has 0 unspecified atom stereocenters. The average Bonchev–Trinajstić information content (AvgIpc) is 2.16. The SMILES string of the molecule is COCCC1(c2cccc(Cl)c2)CNC1. The molecule has 0 saturated carbocycles. The second kappa shape index (κ2) is 4.52. The summed E-state index contributed by atoms with van der Waals surface area (Å²) in [4.78, 5) is 0. The van der Waals surface area contributed by atoms with Crippen LogP contribution in [0.4, 0.5) is 0 Å². The van der Waals surface area contributed by atoms with Gasteiger partial charge in [-0.25, -0.2) is 0 Å². The molecule has 0 atom stereocenters. The van der Waals surface area contributed by atoms with Crippen LogP contribution < -0.4 is 5.32 Å². The van der Waals surface area contributed by atoms with Gasteiger partial charge in [-0.2, -0.15) is 0 Å². The number of nitrogens with one attached hydrogen (secondary N) is 1. The molecule has 3 heteroatoms. The van der Waals surface area contributed by atoms with Crippen LogP contribution in [0.15, 0.2) is 24.3 Å². The third kappa shape index (κ3) is 2.17. The van der Waals surface area contributed by atoms with E-state index >= 15 is 0 Å². The van der Waals surface area contributed by atoms with Crippen LogP contribution in [0.2, 0.25) is 5.02 Å². The van der Waals surface area contributed by atoms with Crippen LogP contribution in [0.3, 0.4) is 0 Å². The Morgan fingerprint density at radius 3 is 2.80 bits per heavy atom. The minimum atomic E-state index is 0.237. The van der Waals surface area contributed by atoms with Crippen LogP contribution in [0.5, 0.6) is 0 Å². The number of methoxy groups -OCH3 is 1. The van der Waals surface area contributed by atoms with E-state index < -0.39 is 0 Å². The zero-order valence-electron chi connectivity index (χ0n) is 8.92. The Bertz CT molecular complexity index is 336. The molecule has 1 fully saturated rings. The standard InChI is InChI=1S/C12H16ClNO/c1-15-6-5-12(8-14-9-12)10-3-2-4-11(13)7-10/h2-4,7,14H,5-6,8-9H2,1H3. The molecular weight excluding hydrogens is 210 g/mol. The molecule has 1 heterocycles.